The van der Waals surface area contributed by atoms with Gasteiger partial charge in [0.1, 0.15) is 0 Å². The number of thioether (sulfide) groups is 1. The minimum atomic E-state index is -0.134. The van der Waals surface area contributed by atoms with E-state index in [9.17, 15) is 4.79 Å². The molecule has 0 atom stereocenters. The van der Waals surface area contributed by atoms with Crippen LogP contribution in [-0.2, 0) is 16.1 Å². The topological polar surface area (TPSA) is 69.0 Å². The van der Waals surface area contributed by atoms with E-state index in [0.29, 0.717) is 29.0 Å². The second kappa shape index (κ2) is 9.73. The van der Waals surface area contributed by atoms with Gasteiger partial charge in [-0.05, 0) is 31.2 Å². The number of methoxy groups -OCH3 is 1. The lowest BCUT2D eigenvalue weighted by molar-refractivity contribution is -0.113. The highest BCUT2D eigenvalue weighted by molar-refractivity contribution is 7.99. The summed E-state index contributed by atoms with van der Waals surface area (Å²) in [6, 6.07) is 15.2. The van der Waals surface area contributed by atoms with Crippen LogP contribution in [0.1, 0.15) is 5.56 Å². The Balaban J connectivity index is 1.73. The summed E-state index contributed by atoms with van der Waals surface area (Å²) in [6.45, 7) is 3.17. The van der Waals surface area contributed by atoms with Gasteiger partial charge in [-0.25, -0.2) is 0 Å². The van der Waals surface area contributed by atoms with Gasteiger partial charge in [0.25, 0.3) is 0 Å². The molecule has 0 saturated heterocycles. The van der Waals surface area contributed by atoms with Crippen LogP contribution in [0.3, 0.4) is 0 Å². The summed E-state index contributed by atoms with van der Waals surface area (Å²) in [6.07, 6.45) is 0. The molecular weight excluding hydrogens is 396 g/mol. The van der Waals surface area contributed by atoms with Gasteiger partial charge in [-0.1, -0.05) is 53.2 Å². The van der Waals surface area contributed by atoms with Crippen molar-refractivity contribution < 1.29 is 9.53 Å². The molecule has 0 aliphatic rings. The first-order chi connectivity index (χ1) is 13.6. The Bertz CT molecular complexity index is 961. The third kappa shape index (κ3) is 5.34. The Morgan fingerprint density at radius 1 is 1.21 bits per heavy atom. The molecule has 0 spiro atoms. The second-order valence-electron chi connectivity index (χ2n) is 6.17. The van der Waals surface area contributed by atoms with Crippen molar-refractivity contribution in [2.45, 2.75) is 18.6 Å². The van der Waals surface area contributed by atoms with Crippen molar-refractivity contribution in [3.05, 3.63) is 59.1 Å². The summed E-state index contributed by atoms with van der Waals surface area (Å²) in [5.41, 5.74) is 2.80. The fourth-order valence-corrected chi connectivity index (χ4v) is 3.63. The quantitative estimate of drug-likeness (QED) is 0.555. The molecule has 1 amide bonds. The number of carbonyl (C=O) groups excluding carboxylic acids is 1. The van der Waals surface area contributed by atoms with Crippen LogP contribution < -0.4 is 5.32 Å². The van der Waals surface area contributed by atoms with Crippen molar-refractivity contribution in [3.8, 4) is 11.4 Å². The first kappa shape index (κ1) is 20.4. The zero-order valence-corrected chi connectivity index (χ0v) is 17.3. The molecule has 0 fully saturated rings. The van der Waals surface area contributed by atoms with Gasteiger partial charge in [-0.15, -0.1) is 10.2 Å². The lowest BCUT2D eigenvalue weighted by Gasteiger charge is -2.10. The summed E-state index contributed by atoms with van der Waals surface area (Å²) in [5, 5.41) is 12.7. The molecule has 0 aliphatic heterocycles. The number of ether oxygens (including phenoxy) is 1. The maximum absolute atomic E-state index is 12.3. The maximum atomic E-state index is 12.3. The molecule has 1 aromatic heterocycles. The Morgan fingerprint density at radius 2 is 2.04 bits per heavy atom. The van der Waals surface area contributed by atoms with Crippen molar-refractivity contribution in [2.24, 2.45) is 0 Å². The second-order valence-corrected chi connectivity index (χ2v) is 7.55. The normalized spacial score (nSPS) is 10.8. The van der Waals surface area contributed by atoms with E-state index < -0.39 is 0 Å². The van der Waals surface area contributed by atoms with Gasteiger partial charge in [0, 0.05) is 23.4 Å². The van der Waals surface area contributed by atoms with Gasteiger partial charge < -0.3 is 10.1 Å². The van der Waals surface area contributed by atoms with E-state index in [2.05, 4.69) is 21.6 Å². The molecule has 8 heteroatoms. The van der Waals surface area contributed by atoms with Crippen LogP contribution in [0.25, 0.3) is 11.4 Å². The van der Waals surface area contributed by atoms with Crippen molar-refractivity contribution in [3.63, 3.8) is 0 Å². The van der Waals surface area contributed by atoms with Crippen LogP contribution in [0.2, 0.25) is 5.02 Å². The van der Waals surface area contributed by atoms with Crippen LogP contribution in [0.15, 0.2) is 53.7 Å². The lowest BCUT2D eigenvalue weighted by Crippen LogP contribution is -2.15. The van der Waals surface area contributed by atoms with Gasteiger partial charge in [-0.2, -0.15) is 0 Å². The molecule has 0 radical (unpaired) electrons. The number of nitrogens with zero attached hydrogens (tertiary/aromatic N) is 3. The molecule has 28 heavy (non-hydrogen) atoms. The maximum Gasteiger partial charge on any atom is 0.234 e. The summed E-state index contributed by atoms with van der Waals surface area (Å²) < 4.78 is 7.20. The Hall–Kier alpha value is -2.35. The SMILES string of the molecule is COCCn1c(SCC(=O)Nc2cccc(Cl)c2)nnc1-c1cccc(C)c1. The number of benzene rings is 2. The third-order valence-corrected chi connectivity index (χ3v) is 5.15. The summed E-state index contributed by atoms with van der Waals surface area (Å²) in [5.74, 6) is 0.843. The molecule has 0 bridgehead atoms. The van der Waals surface area contributed by atoms with Crippen LogP contribution in [0, 0.1) is 6.92 Å². The molecule has 3 aromatic rings. The van der Waals surface area contributed by atoms with Crippen molar-refractivity contribution in [1.29, 1.82) is 0 Å². The van der Waals surface area contributed by atoms with E-state index in [1.54, 1.807) is 31.4 Å². The lowest BCUT2D eigenvalue weighted by atomic mass is 10.1. The summed E-state index contributed by atoms with van der Waals surface area (Å²) >= 11 is 7.29. The largest absolute Gasteiger partial charge is 0.383 e. The number of hydrogen-bond acceptors (Lipinski definition) is 5. The first-order valence-electron chi connectivity index (χ1n) is 8.74. The Morgan fingerprint density at radius 3 is 2.79 bits per heavy atom. The smallest absolute Gasteiger partial charge is 0.234 e. The number of hydrogen-bond donors (Lipinski definition) is 1. The highest BCUT2D eigenvalue weighted by atomic mass is 35.5. The van der Waals surface area contributed by atoms with E-state index in [0.717, 1.165) is 17.0 Å². The number of aryl methyl sites for hydroxylation is 1. The highest BCUT2D eigenvalue weighted by Gasteiger charge is 2.16. The highest BCUT2D eigenvalue weighted by Crippen LogP contribution is 2.25. The van der Waals surface area contributed by atoms with Gasteiger partial charge in [0.2, 0.25) is 5.91 Å². The van der Waals surface area contributed by atoms with Gasteiger partial charge >= 0.3 is 0 Å². The number of carbonyl (C=O) groups is 1. The average molecular weight is 417 g/mol. The molecule has 0 aliphatic carbocycles. The van der Waals surface area contributed by atoms with Crippen LogP contribution in [-0.4, -0.2) is 40.1 Å². The Labute approximate surface area is 173 Å². The van der Waals surface area contributed by atoms with E-state index in [4.69, 9.17) is 16.3 Å². The molecule has 6 nitrogen and oxygen atoms in total. The predicted molar refractivity (Wildman–Crippen MR) is 113 cm³/mol. The zero-order chi connectivity index (χ0) is 19.9. The number of nitrogens with one attached hydrogen (secondary N) is 1. The molecule has 0 saturated carbocycles. The summed E-state index contributed by atoms with van der Waals surface area (Å²) in [7, 11) is 1.65. The number of amides is 1. The zero-order valence-electron chi connectivity index (χ0n) is 15.7. The molecule has 3 rings (SSSR count). The average Bonchev–Trinajstić information content (AvgIpc) is 3.07. The molecule has 146 valence electrons. The summed E-state index contributed by atoms with van der Waals surface area (Å²) in [4.78, 5) is 12.3. The Kier molecular flexibility index (Phi) is 7.08. The number of anilines is 1. The number of aromatic nitrogens is 3. The fourth-order valence-electron chi connectivity index (χ4n) is 2.67. The first-order valence-corrected chi connectivity index (χ1v) is 10.1. The van der Waals surface area contributed by atoms with Crippen molar-refractivity contribution in [2.75, 3.05) is 24.8 Å². The van der Waals surface area contributed by atoms with Gasteiger partial charge in [0.15, 0.2) is 11.0 Å². The standard InChI is InChI=1S/C20H21ClN4O2S/c1-14-5-3-6-15(11-14)19-23-24-20(25(19)9-10-27-2)28-13-18(26)22-17-8-4-7-16(21)12-17/h3-8,11-12H,9-10,13H2,1-2H3,(H,22,26). The van der Waals surface area contributed by atoms with E-state index in [-0.39, 0.29) is 11.7 Å². The fraction of sp³-hybridized carbons (Fsp3) is 0.250. The van der Waals surface area contributed by atoms with E-state index >= 15 is 0 Å². The van der Waals surface area contributed by atoms with Gasteiger partial charge in [-0.3, -0.25) is 9.36 Å². The predicted octanol–water partition coefficient (Wildman–Crippen LogP) is 4.28. The molecule has 1 heterocycles. The van der Waals surface area contributed by atoms with Crippen LogP contribution >= 0.6 is 23.4 Å². The molecule has 2 aromatic carbocycles. The number of halogens is 1. The van der Waals surface area contributed by atoms with Crippen LogP contribution in [0.4, 0.5) is 5.69 Å². The minimum Gasteiger partial charge on any atom is -0.383 e. The molecule has 0 unspecified atom stereocenters. The van der Waals surface area contributed by atoms with Gasteiger partial charge in [0.05, 0.1) is 18.9 Å². The van der Waals surface area contributed by atoms with Crippen LogP contribution in [0.5, 0.6) is 0 Å². The monoisotopic (exact) mass is 416 g/mol. The van der Waals surface area contributed by atoms with E-state index in [1.165, 1.54) is 11.8 Å². The minimum absolute atomic E-state index is 0.134. The van der Waals surface area contributed by atoms with E-state index in [1.807, 2.05) is 29.7 Å². The molecular formula is C20H21ClN4O2S. The number of rotatable bonds is 8. The van der Waals surface area contributed by atoms with Crippen molar-refractivity contribution >= 4 is 35.0 Å². The molecule has 1 N–H and O–H groups in total. The van der Waals surface area contributed by atoms with Crippen molar-refractivity contribution in [1.82, 2.24) is 14.8 Å². The third-order valence-electron chi connectivity index (χ3n) is 3.95.